The average Bonchev–Trinajstić information content (AvgIpc) is 3.08. The van der Waals surface area contributed by atoms with Crippen LogP contribution in [0, 0.1) is 6.92 Å². The second-order valence-corrected chi connectivity index (χ2v) is 4.42. The predicted octanol–water partition coefficient (Wildman–Crippen LogP) is 3.29. The zero-order chi connectivity index (χ0) is 13.1. The number of nitrogens with zero attached hydrogens (tertiary/aromatic N) is 1. The molecule has 0 fully saturated rings. The molecule has 0 unspecified atom stereocenters. The van der Waals surface area contributed by atoms with E-state index in [1.807, 2.05) is 49.6 Å². The monoisotopic (exact) mass is 253 g/mol. The van der Waals surface area contributed by atoms with Crippen molar-refractivity contribution in [1.82, 2.24) is 15.2 Å². The topological polar surface area (TPSA) is 53.7 Å². The van der Waals surface area contributed by atoms with E-state index in [0.29, 0.717) is 6.61 Å². The Kier molecular flexibility index (Phi) is 3.06. The number of rotatable bonds is 4. The van der Waals surface area contributed by atoms with Gasteiger partial charge in [0.25, 0.3) is 0 Å². The van der Waals surface area contributed by atoms with Crippen molar-refractivity contribution in [1.29, 1.82) is 0 Å². The van der Waals surface area contributed by atoms with Crippen LogP contribution in [0.2, 0.25) is 0 Å². The average molecular weight is 253 g/mol. The molecule has 2 N–H and O–H groups in total. The molecule has 0 bridgehead atoms. The Labute approximate surface area is 111 Å². The quantitative estimate of drug-likeness (QED) is 0.749. The van der Waals surface area contributed by atoms with Crippen LogP contribution >= 0.6 is 0 Å². The second-order valence-electron chi connectivity index (χ2n) is 4.42. The molecule has 19 heavy (non-hydrogen) atoms. The molecule has 3 rings (SSSR count). The Morgan fingerprint density at radius 1 is 1.21 bits per heavy atom. The fourth-order valence-electron chi connectivity index (χ4n) is 2.01. The molecule has 0 spiro atoms. The van der Waals surface area contributed by atoms with Gasteiger partial charge in [0, 0.05) is 17.5 Å². The van der Waals surface area contributed by atoms with Crippen LogP contribution < -0.4 is 4.74 Å². The number of H-pyrrole nitrogens is 2. The summed E-state index contributed by atoms with van der Waals surface area (Å²) in [4.78, 5) is 3.12. The maximum Gasteiger partial charge on any atom is 0.128 e. The summed E-state index contributed by atoms with van der Waals surface area (Å²) in [6, 6.07) is 12.0. The van der Waals surface area contributed by atoms with Gasteiger partial charge in [0.1, 0.15) is 12.4 Å². The lowest BCUT2D eigenvalue weighted by molar-refractivity contribution is 0.302. The Hall–Kier alpha value is -2.49. The number of nitrogens with one attached hydrogen (secondary N) is 2. The Morgan fingerprint density at radius 3 is 2.89 bits per heavy atom. The first-order valence-electron chi connectivity index (χ1n) is 6.18. The molecule has 0 aliphatic rings. The lowest BCUT2D eigenvalue weighted by Crippen LogP contribution is -1.95. The number of aryl methyl sites for hydroxylation is 1. The highest BCUT2D eigenvalue weighted by molar-refractivity contribution is 5.66. The van der Waals surface area contributed by atoms with E-state index in [2.05, 4.69) is 21.2 Å². The molecular formula is C15H15N3O. The summed E-state index contributed by atoms with van der Waals surface area (Å²) in [5.41, 5.74) is 4.33. The highest BCUT2D eigenvalue weighted by Crippen LogP contribution is 2.25. The van der Waals surface area contributed by atoms with Gasteiger partial charge in [0.15, 0.2) is 0 Å². The number of benzene rings is 1. The molecule has 3 aromatic rings. The number of aromatic amines is 2. The number of ether oxygens (including phenoxy) is 1. The van der Waals surface area contributed by atoms with E-state index in [9.17, 15) is 0 Å². The molecule has 0 radical (unpaired) electrons. The summed E-state index contributed by atoms with van der Waals surface area (Å²) in [6.07, 6.45) is 3.73. The van der Waals surface area contributed by atoms with E-state index in [-0.39, 0.29) is 0 Å². The van der Waals surface area contributed by atoms with Gasteiger partial charge in [-0.3, -0.25) is 5.10 Å². The molecule has 0 aliphatic heterocycles. The number of hydrogen-bond acceptors (Lipinski definition) is 2. The van der Waals surface area contributed by atoms with Crippen molar-refractivity contribution in [3.63, 3.8) is 0 Å². The molecule has 0 saturated carbocycles. The normalized spacial score (nSPS) is 10.6. The van der Waals surface area contributed by atoms with Gasteiger partial charge in [-0.15, -0.1) is 0 Å². The molecular weight excluding hydrogens is 238 g/mol. The largest absolute Gasteiger partial charge is 0.487 e. The highest BCUT2D eigenvalue weighted by atomic mass is 16.5. The van der Waals surface area contributed by atoms with E-state index < -0.39 is 0 Å². The van der Waals surface area contributed by atoms with Gasteiger partial charge in [-0.25, -0.2) is 0 Å². The summed E-state index contributed by atoms with van der Waals surface area (Å²) in [6.45, 7) is 2.55. The van der Waals surface area contributed by atoms with Gasteiger partial charge < -0.3 is 9.72 Å². The molecule has 2 aromatic heterocycles. The molecule has 0 aliphatic carbocycles. The lowest BCUT2D eigenvalue weighted by Gasteiger charge is -2.07. The smallest absolute Gasteiger partial charge is 0.128 e. The third-order valence-corrected chi connectivity index (χ3v) is 3.03. The van der Waals surface area contributed by atoms with Crippen LogP contribution in [0.3, 0.4) is 0 Å². The number of hydrogen-bond donors (Lipinski definition) is 2. The first-order chi connectivity index (χ1) is 9.33. The Bertz CT molecular complexity index is 656. The van der Waals surface area contributed by atoms with E-state index in [4.69, 9.17) is 4.74 Å². The third kappa shape index (κ3) is 2.52. The van der Waals surface area contributed by atoms with E-state index in [1.165, 1.54) is 0 Å². The first-order valence-corrected chi connectivity index (χ1v) is 6.18. The van der Waals surface area contributed by atoms with Crippen LogP contribution in [0.5, 0.6) is 5.75 Å². The van der Waals surface area contributed by atoms with E-state index >= 15 is 0 Å². The van der Waals surface area contributed by atoms with Crippen molar-refractivity contribution in [3.8, 4) is 16.9 Å². The minimum atomic E-state index is 0.542. The standard InChI is InChI=1S/C15H15N3O/c1-11-15(9-17-18-11)12-4-2-6-14(8-12)19-10-13-5-3-7-16-13/h2-9,16H,10H2,1H3,(H,17,18). The zero-order valence-electron chi connectivity index (χ0n) is 10.7. The minimum absolute atomic E-state index is 0.542. The van der Waals surface area contributed by atoms with Crippen LogP contribution in [0.25, 0.3) is 11.1 Å². The van der Waals surface area contributed by atoms with Crippen LogP contribution in [0.15, 0.2) is 48.8 Å². The van der Waals surface area contributed by atoms with Crippen molar-refractivity contribution in [2.75, 3.05) is 0 Å². The predicted molar refractivity (Wildman–Crippen MR) is 73.9 cm³/mol. The van der Waals surface area contributed by atoms with Crippen LogP contribution in [0.4, 0.5) is 0 Å². The maximum absolute atomic E-state index is 5.77. The summed E-state index contributed by atoms with van der Waals surface area (Å²) < 4.78 is 5.77. The molecule has 0 amide bonds. The SMILES string of the molecule is Cc1[nH]ncc1-c1cccc(OCc2ccc[nH]2)c1. The summed E-state index contributed by atoms with van der Waals surface area (Å²) in [7, 11) is 0. The Morgan fingerprint density at radius 2 is 2.16 bits per heavy atom. The first kappa shape index (κ1) is 11.6. The highest BCUT2D eigenvalue weighted by Gasteiger charge is 2.05. The summed E-state index contributed by atoms with van der Waals surface area (Å²) >= 11 is 0. The van der Waals surface area contributed by atoms with Crippen LogP contribution in [-0.4, -0.2) is 15.2 Å². The van der Waals surface area contributed by atoms with Crippen molar-refractivity contribution < 1.29 is 4.74 Å². The lowest BCUT2D eigenvalue weighted by atomic mass is 10.1. The maximum atomic E-state index is 5.77. The fourth-order valence-corrected chi connectivity index (χ4v) is 2.01. The van der Waals surface area contributed by atoms with Gasteiger partial charge in [-0.1, -0.05) is 12.1 Å². The molecule has 4 nitrogen and oxygen atoms in total. The zero-order valence-corrected chi connectivity index (χ0v) is 10.7. The van der Waals surface area contributed by atoms with Gasteiger partial charge in [0.05, 0.1) is 11.9 Å². The van der Waals surface area contributed by atoms with E-state index in [1.54, 1.807) is 0 Å². The van der Waals surface area contributed by atoms with Crippen molar-refractivity contribution >= 4 is 0 Å². The van der Waals surface area contributed by atoms with Gasteiger partial charge in [-0.05, 0) is 36.8 Å². The number of aromatic nitrogens is 3. The fraction of sp³-hybridized carbons (Fsp3) is 0.133. The molecule has 2 heterocycles. The second kappa shape index (κ2) is 5.02. The third-order valence-electron chi connectivity index (χ3n) is 3.03. The molecule has 1 aromatic carbocycles. The van der Waals surface area contributed by atoms with Gasteiger partial charge in [0.2, 0.25) is 0 Å². The molecule has 0 atom stereocenters. The Balaban J connectivity index is 1.78. The van der Waals surface area contributed by atoms with Gasteiger partial charge in [-0.2, -0.15) is 5.10 Å². The molecule has 4 heteroatoms. The van der Waals surface area contributed by atoms with E-state index in [0.717, 1.165) is 28.3 Å². The van der Waals surface area contributed by atoms with Gasteiger partial charge >= 0.3 is 0 Å². The summed E-state index contributed by atoms with van der Waals surface area (Å²) in [5.74, 6) is 0.854. The minimum Gasteiger partial charge on any atom is -0.487 e. The van der Waals surface area contributed by atoms with Crippen LogP contribution in [-0.2, 0) is 6.61 Å². The van der Waals surface area contributed by atoms with Crippen molar-refractivity contribution in [3.05, 3.63) is 60.2 Å². The van der Waals surface area contributed by atoms with Crippen molar-refractivity contribution in [2.45, 2.75) is 13.5 Å². The summed E-state index contributed by atoms with van der Waals surface area (Å²) in [5, 5.41) is 6.99. The molecule has 96 valence electrons. The van der Waals surface area contributed by atoms with Crippen LogP contribution in [0.1, 0.15) is 11.4 Å². The van der Waals surface area contributed by atoms with Crippen molar-refractivity contribution in [2.24, 2.45) is 0 Å². The molecule has 0 saturated heterocycles.